The number of hydrogen-bond acceptors (Lipinski definition) is 4. The molecule has 0 amide bonds. The standard InChI is InChI=1S/C8H7ClN2O3/c9-5-3-6-8(14-2-1-10-6)4-7(5)11(12)13/h3-4,10H,1-2H2. The molecule has 1 aliphatic heterocycles. The average molecular weight is 215 g/mol. The van der Waals surface area contributed by atoms with E-state index < -0.39 is 4.92 Å². The van der Waals surface area contributed by atoms with Crippen LogP contribution in [0.3, 0.4) is 0 Å². The van der Waals surface area contributed by atoms with Gasteiger partial charge in [-0.2, -0.15) is 0 Å². The normalized spacial score (nSPS) is 13.8. The molecule has 0 fully saturated rings. The molecule has 0 saturated carbocycles. The van der Waals surface area contributed by atoms with Crippen LogP contribution in [0.4, 0.5) is 11.4 Å². The van der Waals surface area contributed by atoms with E-state index in [2.05, 4.69) is 5.32 Å². The Morgan fingerprint density at radius 1 is 1.57 bits per heavy atom. The Balaban J connectivity index is 2.50. The van der Waals surface area contributed by atoms with Crippen molar-refractivity contribution in [3.05, 3.63) is 27.3 Å². The van der Waals surface area contributed by atoms with Gasteiger partial charge in [0, 0.05) is 6.54 Å². The molecule has 0 bridgehead atoms. The van der Waals surface area contributed by atoms with Crippen LogP contribution in [0.5, 0.6) is 5.75 Å². The van der Waals surface area contributed by atoms with Gasteiger partial charge < -0.3 is 10.1 Å². The second-order valence-electron chi connectivity index (χ2n) is 2.83. The first-order valence-corrected chi connectivity index (χ1v) is 4.41. The lowest BCUT2D eigenvalue weighted by atomic mass is 10.2. The molecule has 1 aromatic carbocycles. The second-order valence-corrected chi connectivity index (χ2v) is 3.24. The summed E-state index contributed by atoms with van der Waals surface area (Å²) < 4.78 is 5.24. The quantitative estimate of drug-likeness (QED) is 0.574. The zero-order chi connectivity index (χ0) is 10.1. The van der Waals surface area contributed by atoms with E-state index in [4.69, 9.17) is 16.3 Å². The fourth-order valence-electron chi connectivity index (χ4n) is 1.29. The SMILES string of the molecule is O=[N+]([O-])c1cc2c(cc1Cl)NCCO2. The summed E-state index contributed by atoms with van der Waals surface area (Å²) in [5.41, 5.74) is 0.570. The van der Waals surface area contributed by atoms with Gasteiger partial charge in [-0.25, -0.2) is 0 Å². The van der Waals surface area contributed by atoms with E-state index in [1.165, 1.54) is 12.1 Å². The number of fused-ring (bicyclic) bond motifs is 1. The van der Waals surface area contributed by atoms with E-state index in [-0.39, 0.29) is 10.7 Å². The summed E-state index contributed by atoms with van der Waals surface area (Å²) in [7, 11) is 0. The van der Waals surface area contributed by atoms with Gasteiger partial charge in [0.1, 0.15) is 17.4 Å². The Labute approximate surface area is 84.8 Å². The minimum Gasteiger partial charge on any atom is -0.489 e. The molecule has 0 unspecified atom stereocenters. The zero-order valence-electron chi connectivity index (χ0n) is 7.12. The first-order valence-electron chi connectivity index (χ1n) is 4.03. The van der Waals surface area contributed by atoms with Gasteiger partial charge in [0.15, 0.2) is 0 Å². The smallest absolute Gasteiger partial charge is 0.291 e. The maximum atomic E-state index is 10.6. The summed E-state index contributed by atoms with van der Waals surface area (Å²) in [5.74, 6) is 0.479. The highest BCUT2D eigenvalue weighted by atomic mass is 35.5. The fourth-order valence-corrected chi connectivity index (χ4v) is 1.52. The predicted molar refractivity (Wildman–Crippen MR) is 52.1 cm³/mol. The number of rotatable bonds is 1. The number of anilines is 1. The molecule has 2 rings (SSSR count). The Morgan fingerprint density at radius 3 is 3.07 bits per heavy atom. The highest BCUT2D eigenvalue weighted by Crippen LogP contribution is 2.36. The van der Waals surface area contributed by atoms with E-state index in [0.29, 0.717) is 24.6 Å². The van der Waals surface area contributed by atoms with Crippen molar-refractivity contribution in [1.82, 2.24) is 0 Å². The number of nitrogens with zero attached hydrogens (tertiary/aromatic N) is 1. The number of halogens is 1. The number of nitro benzene ring substituents is 1. The summed E-state index contributed by atoms with van der Waals surface area (Å²) in [6.07, 6.45) is 0. The summed E-state index contributed by atoms with van der Waals surface area (Å²) in [6.45, 7) is 1.19. The maximum absolute atomic E-state index is 10.6. The number of ether oxygens (including phenoxy) is 1. The van der Waals surface area contributed by atoms with Crippen molar-refractivity contribution in [3.63, 3.8) is 0 Å². The van der Waals surface area contributed by atoms with Gasteiger partial charge in [0.2, 0.25) is 0 Å². The predicted octanol–water partition coefficient (Wildman–Crippen LogP) is 2.05. The Kier molecular flexibility index (Phi) is 2.17. The van der Waals surface area contributed by atoms with Gasteiger partial charge in [-0.3, -0.25) is 10.1 Å². The minimum atomic E-state index is -0.527. The molecule has 0 aromatic heterocycles. The Morgan fingerprint density at radius 2 is 2.36 bits per heavy atom. The summed E-state index contributed by atoms with van der Waals surface area (Å²) in [6, 6.07) is 2.85. The van der Waals surface area contributed by atoms with Crippen LogP contribution in [0.1, 0.15) is 0 Å². The van der Waals surface area contributed by atoms with Crippen molar-refractivity contribution < 1.29 is 9.66 Å². The molecule has 1 N–H and O–H groups in total. The monoisotopic (exact) mass is 214 g/mol. The van der Waals surface area contributed by atoms with Crippen molar-refractivity contribution in [2.75, 3.05) is 18.5 Å². The molecular formula is C8H7ClN2O3. The van der Waals surface area contributed by atoms with Gasteiger partial charge in [-0.05, 0) is 6.07 Å². The molecule has 74 valence electrons. The molecule has 6 heteroatoms. The van der Waals surface area contributed by atoms with Gasteiger partial charge in [-0.1, -0.05) is 11.6 Å². The summed E-state index contributed by atoms with van der Waals surface area (Å²) >= 11 is 5.72. The van der Waals surface area contributed by atoms with Crippen LogP contribution in [-0.2, 0) is 0 Å². The van der Waals surface area contributed by atoms with Crippen LogP contribution >= 0.6 is 11.6 Å². The van der Waals surface area contributed by atoms with Crippen LogP contribution in [0.15, 0.2) is 12.1 Å². The van der Waals surface area contributed by atoms with E-state index in [1.807, 2.05) is 0 Å². The molecule has 0 radical (unpaired) electrons. The number of benzene rings is 1. The number of nitrogens with one attached hydrogen (secondary N) is 1. The van der Waals surface area contributed by atoms with Crippen molar-refractivity contribution >= 4 is 23.0 Å². The topological polar surface area (TPSA) is 64.4 Å². The lowest BCUT2D eigenvalue weighted by Crippen LogP contribution is -2.18. The highest BCUT2D eigenvalue weighted by Gasteiger charge is 2.19. The molecular weight excluding hydrogens is 208 g/mol. The fraction of sp³-hybridized carbons (Fsp3) is 0.250. The van der Waals surface area contributed by atoms with Crippen LogP contribution in [0, 0.1) is 10.1 Å². The lowest BCUT2D eigenvalue weighted by Gasteiger charge is -2.18. The van der Waals surface area contributed by atoms with Crippen molar-refractivity contribution in [2.24, 2.45) is 0 Å². The first-order chi connectivity index (χ1) is 6.68. The summed E-state index contributed by atoms with van der Waals surface area (Å²) in [5, 5.41) is 13.7. The van der Waals surface area contributed by atoms with E-state index in [1.54, 1.807) is 0 Å². The zero-order valence-corrected chi connectivity index (χ0v) is 7.87. The Bertz CT molecular complexity index is 394. The van der Waals surface area contributed by atoms with Crippen LogP contribution in [0.2, 0.25) is 5.02 Å². The molecule has 1 aromatic rings. The second kappa shape index (κ2) is 3.34. The molecule has 1 heterocycles. The summed E-state index contributed by atoms with van der Waals surface area (Å²) in [4.78, 5) is 10.0. The lowest BCUT2D eigenvalue weighted by molar-refractivity contribution is -0.384. The average Bonchev–Trinajstić information content (AvgIpc) is 2.16. The van der Waals surface area contributed by atoms with Crippen molar-refractivity contribution in [1.29, 1.82) is 0 Å². The van der Waals surface area contributed by atoms with Crippen LogP contribution < -0.4 is 10.1 Å². The molecule has 0 atom stereocenters. The first kappa shape index (κ1) is 9.08. The van der Waals surface area contributed by atoms with Crippen LogP contribution in [-0.4, -0.2) is 18.1 Å². The molecule has 0 spiro atoms. The van der Waals surface area contributed by atoms with Crippen molar-refractivity contribution in [3.8, 4) is 5.75 Å². The maximum Gasteiger partial charge on any atom is 0.291 e. The van der Waals surface area contributed by atoms with Gasteiger partial charge in [-0.15, -0.1) is 0 Å². The van der Waals surface area contributed by atoms with Gasteiger partial charge in [0.25, 0.3) is 5.69 Å². The molecule has 14 heavy (non-hydrogen) atoms. The molecule has 1 aliphatic rings. The highest BCUT2D eigenvalue weighted by molar-refractivity contribution is 6.33. The van der Waals surface area contributed by atoms with Gasteiger partial charge >= 0.3 is 0 Å². The minimum absolute atomic E-state index is 0.117. The van der Waals surface area contributed by atoms with E-state index in [9.17, 15) is 10.1 Å². The number of nitro groups is 1. The third-order valence-corrected chi connectivity index (χ3v) is 2.22. The molecule has 0 aliphatic carbocycles. The van der Waals surface area contributed by atoms with Crippen LogP contribution in [0.25, 0.3) is 0 Å². The van der Waals surface area contributed by atoms with E-state index >= 15 is 0 Å². The third kappa shape index (κ3) is 1.46. The van der Waals surface area contributed by atoms with Crippen molar-refractivity contribution in [2.45, 2.75) is 0 Å². The third-order valence-electron chi connectivity index (χ3n) is 1.92. The molecule has 0 saturated heterocycles. The largest absolute Gasteiger partial charge is 0.489 e. The Hall–Kier alpha value is -1.49. The van der Waals surface area contributed by atoms with Gasteiger partial charge in [0.05, 0.1) is 16.7 Å². The molecule has 5 nitrogen and oxygen atoms in total. The van der Waals surface area contributed by atoms with E-state index in [0.717, 1.165) is 0 Å². The number of hydrogen-bond donors (Lipinski definition) is 1.